The molecule has 0 aromatic heterocycles. The van der Waals surface area contributed by atoms with Crippen LogP contribution < -0.4 is 0 Å². The summed E-state index contributed by atoms with van der Waals surface area (Å²) in [5, 5.41) is 0. The van der Waals surface area contributed by atoms with Gasteiger partial charge in [-0.15, -0.1) is 0 Å². The molecule has 116 valence electrons. The van der Waals surface area contributed by atoms with Crippen LogP contribution in [0.15, 0.2) is 0 Å². The van der Waals surface area contributed by atoms with E-state index in [2.05, 4.69) is 18.9 Å². The molecule has 0 aromatic rings. The number of amides is 1. The normalized spacial score (nSPS) is 16.5. The Hall–Kier alpha value is -1.10. The van der Waals surface area contributed by atoms with Crippen molar-refractivity contribution >= 4 is 11.9 Å². The van der Waals surface area contributed by atoms with Crippen molar-refractivity contribution in [2.45, 2.75) is 39.0 Å². The first-order chi connectivity index (χ1) is 9.58. The Kier molecular flexibility index (Phi) is 7.59. The van der Waals surface area contributed by atoms with E-state index in [1.54, 1.807) is 0 Å². The van der Waals surface area contributed by atoms with E-state index in [0.29, 0.717) is 19.5 Å². The molecule has 0 unspecified atom stereocenters. The lowest BCUT2D eigenvalue weighted by Gasteiger charge is -2.31. The minimum atomic E-state index is -0.142. The van der Waals surface area contributed by atoms with Crippen LogP contribution >= 0.6 is 0 Å². The van der Waals surface area contributed by atoms with Crippen LogP contribution in [0.4, 0.5) is 0 Å². The van der Waals surface area contributed by atoms with E-state index in [1.165, 1.54) is 20.0 Å². The van der Waals surface area contributed by atoms with Crippen LogP contribution in [-0.4, -0.2) is 62.0 Å². The molecule has 0 bridgehead atoms. The predicted molar refractivity (Wildman–Crippen MR) is 78.3 cm³/mol. The van der Waals surface area contributed by atoms with Gasteiger partial charge in [0, 0.05) is 26.1 Å². The number of piperidine rings is 1. The fourth-order valence-corrected chi connectivity index (χ4v) is 2.52. The molecule has 1 aliphatic heterocycles. The first-order valence-electron chi connectivity index (χ1n) is 7.62. The first kappa shape index (κ1) is 17.0. The fraction of sp³-hybridized carbons (Fsp3) is 0.867. The largest absolute Gasteiger partial charge is 0.469 e. The molecule has 1 aliphatic rings. The molecule has 1 rings (SSSR count). The van der Waals surface area contributed by atoms with Crippen LogP contribution in [0.1, 0.15) is 39.0 Å². The van der Waals surface area contributed by atoms with Gasteiger partial charge in [-0.1, -0.05) is 13.3 Å². The topological polar surface area (TPSA) is 49.9 Å². The summed E-state index contributed by atoms with van der Waals surface area (Å²) < 4.78 is 4.75. The molecule has 0 spiro atoms. The van der Waals surface area contributed by atoms with Crippen LogP contribution in [0.3, 0.4) is 0 Å². The minimum Gasteiger partial charge on any atom is -0.469 e. The molecule has 0 N–H and O–H groups in total. The molecule has 0 radical (unpaired) electrons. The van der Waals surface area contributed by atoms with Gasteiger partial charge < -0.3 is 14.5 Å². The number of carbonyl (C=O) groups is 2. The predicted octanol–water partition coefficient (Wildman–Crippen LogP) is 1.52. The van der Waals surface area contributed by atoms with Gasteiger partial charge in [0.25, 0.3) is 0 Å². The van der Waals surface area contributed by atoms with Crippen LogP contribution in [0.25, 0.3) is 0 Å². The summed E-state index contributed by atoms with van der Waals surface area (Å²) >= 11 is 0. The lowest BCUT2D eigenvalue weighted by Crippen LogP contribution is -2.41. The van der Waals surface area contributed by atoms with Crippen molar-refractivity contribution in [3.8, 4) is 0 Å². The van der Waals surface area contributed by atoms with Crippen molar-refractivity contribution in [1.82, 2.24) is 9.80 Å². The maximum absolute atomic E-state index is 12.1. The third-order valence-corrected chi connectivity index (χ3v) is 3.98. The van der Waals surface area contributed by atoms with Crippen molar-refractivity contribution < 1.29 is 14.3 Å². The van der Waals surface area contributed by atoms with Gasteiger partial charge in [0.2, 0.25) is 5.91 Å². The number of likely N-dealkylation sites (tertiary alicyclic amines) is 1. The van der Waals surface area contributed by atoms with Gasteiger partial charge in [-0.05, 0) is 32.9 Å². The Morgan fingerprint density at radius 3 is 2.45 bits per heavy atom. The van der Waals surface area contributed by atoms with E-state index in [9.17, 15) is 9.59 Å². The molecular formula is C15H28N2O3. The highest BCUT2D eigenvalue weighted by atomic mass is 16.5. The molecule has 0 aliphatic carbocycles. The summed E-state index contributed by atoms with van der Waals surface area (Å²) in [6, 6.07) is 0. The van der Waals surface area contributed by atoms with Crippen LogP contribution in [0.2, 0.25) is 0 Å². The SMILES string of the molecule is CCCCN(C)CCC(=O)N1CCC(C(=O)OC)CC1. The molecule has 0 saturated carbocycles. The van der Waals surface area contributed by atoms with Gasteiger partial charge in [-0.25, -0.2) is 0 Å². The summed E-state index contributed by atoms with van der Waals surface area (Å²) in [5.41, 5.74) is 0. The van der Waals surface area contributed by atoms with Gasteiger partial charge in [-0.3, -0.25) is 9.59 Å². The summed E-state index contributed by atoms with van der Waals surface area (Å²) in [5.74, 6) is 0.0318. The zero-order chi connectivity index (χ0) is 15.0. The van der Waals surface area contributed by atoms with Gasteiger partial charge in [0.15, 0.2) is 0 Å². The maximum atomic E-state index is 12.1. The zero-order valence-electron chi connectivity index (χ0n) is 13.1. The summed E-state index contributed by atoms with van der Waals surface area (Å²) in [4.78, 5) is 27.6. The van der Waals surface area contributed by atoms with Gasteiger partial charge in [0.05, 0.1) is 13.0 Å². The molecule has 1 heterocycles. The van der Waals surface area contributed by atoms with Crippen molar-refractivity contribution in [2.75, 3.05) is 40.3 Å². The molecule has 20 heavy (non-hydrogen) atoms. The van der Waals surface area contributed by atoms with Gasteiger partial charge in [0.1, 0.15) is 0 Å². The minimum absolute atomic E-state index is 0.0312. The maximum Gasteiger partial charge on any atom is 0.308 e. The number of unbranched alkanes of at least 4 members (excludes halogenated alkanes) is 1. The number of nitrogens with zero attached hydrogens (tertiary/aromatic N) is 2. The first-order valence-corrected chi connectivity index (χ1v) is 7.62. The smallest absolute Gasteiger partial charge is 0.308 e. The van der Waals surface area contributed by atoms with E-state index < -0.39 is 0 Å². The van der Waals surface area contributed by atoms with Crippen molar-refractivity contribution in [1.29, 1.82) is 0 Å². The molecule has 0 aromatic carbocycles. The zero-order valence-corrected chi connectivity index (χ0v) is 13.1. The van der Waals surface area contributed by atoms with Crippen LogP contribution in [0.5, 0.6) is 0 Å². The molecule has 1 saturated heterocycles. The van der Waals surface area contributed by atoms with Gasteiger partial charge in [-0.2, -0.15) is 0 Å². The van der Waals surface area contributed by atoms with Crippen LogP contribution in [0, 0.1) is 5.92 Å². The molecule has 1 amide bonds. The third kappa shape index (κ3) is 5.49. The number of rotatable bonds is 7. The Bertz CT molecular complexity index is 312. The van der Waals surface area contributed by atoms with E-state index in [0.717, 1.165) is 25.9 Å². The highest BCUT2D eigenvalue weighted by molar-refractivity contribution is 5.77. The van der Waals surface area contributed by atoms with E-state index in [4.69, 9.17) is 4.74 Å². The number of hydrogen-bond acceptors (Lipinski definition) is 4. The average Bonchev–Trinajstić information content (AvgIpc) is 2.49. The van der Waals surface area contributed by atoms with E-state index >= 15 is 0 Å². The lowest BCUT2D eigenvalue weighted by atomic mass is 9.97. The number of esters is 1. The van der Waals surface area contributed by atoms with Crippen molar-refractivity contribution in [3.63, 3.8) is 0 Å². The monoisotopic (exact) mass is 284 g/mol. The van der Waals surface area contributed by atoms with Crippen LogP contribution in [-0.2, 0) is 14.3 Å². The average molecular weight is 284 g/mol. The van der Waals surface area contributed by atoms with Crippen molar-refractivity contribution in [3.05, 3.63) is 0 Å². The van der Waals surface area contributed by atoms with E-state index in [-0.39, 0.29) is 17.8 Å². The molecular weight excluding hydrogens is 256 g/mol. The summed E-state index contributed by atoms with van der Waals surface area (Å²) in [7, 11) is 3.48. The fourth-order valence-electron chi connectivity index (χ4n) is 2.52. The summed E-state index contributed by atoms with van der Waals surface area (Å²) in [6.07, 6.45) is 4.38. The van der Waals surface area contributed by atoms with E-state index in [1.807, 2.05) is 4.90 Å². The number of carbonyl (C=O) groups excluding carboxylic acids is 2. The number of hydrogen-bond donors (Lipinski definition) is 0. The Balaban J connectivity index is 2.24. The second-order valence-electron chi connectivity index (χ2n) is 5.59. The Morgan fingerprint density at radius 1 is 1.25 bits per heavy atom. The molecule has 5 nitrogen and oxygen atoms in total. The standard InChI is InChI=1S/C15H28N2O3/c1-4-5-9-16(2)10-8-14(18)17-11-6-13(7-12-17)15(19)20-3/h13H,4-12H2,1-3H3. The summed E-state index contributed by atoms with van der Waals surface area (Å²) in [6.45, 7) is 5.39. The highest BCUT2D eigenvalue weighted by Gasteiger charge is 2.27. The van der Waals surface area contributed by atoms with Crippen molar-refractivity contribution in [2.24, 2.45) is 5.92 Å². The molecule has 5 heteroatoms. The number of ether oxygens (including phenoxy) is 1. The highest BCUT2D eigenvalue weighted by Crippen LogP contribution is 2.18. The number of methoxy groups -OCH3 is 1. The molecule has 0 atom stereocenters. The second kappa shape index (κ2) is 8.95. The Labute approximate surface area is 122 Å². The molecule has 1 fully saturated rings. The Morgan fingerprint density at radius 2 is 1.90 bits per heavy atom. The third-order valence-electron chi connectivity index (χ3n) is 3.98. The second-order valence-corrected chi connectivity index (χ2v) is 5.59. The van der Waals surface area contributed by atoms with Gasteiger partial charge >= 0.3 is 5.97 Å². The quantitative estimate of drug-likeness (QED) is 0.665. The lowest BCUT2D eigenvalue weighted by molar-refractivity contribution is -0.148.